The van der Waals surface area contributed by atoms with E-state index in [0.717, 1.165) is 30.8 Å². The molecule has 0 saturated carbocycles. The molecule has 1 aromatic heterocycles. The summed E-state index contributed by atoms with van der Waals surface area (Å²) in [6.45, 7) is 3.81. The van der Waals surface area contributed by atoms with Gasteiger partial charge in [0.15, 0.2) is 0 Å². The predicted molar refractivity (Wildman–Crippen MR) is 107 cm³/mol. The SMILES string of the molecule is COc1ccc(N2C(=O)C(c3cccs3)=C(N3CCCC(C)C3)C2=O)cc1. The molecule has 1 atom stereocenters. The molecule has 5 nitrogen and oxygen atoms in total. The summed E-state index contributed by atoms with van der Waals surface area (Å²) in [5.74, 6) is 0.714. The summed E-state index contributed by atoms with van der Waals surface area (Å²) >= 11 is 1.49. The number of likely N-dealkylation sites (tertiary alicyclic amines) is 1. The molecule has 3 heterocycles. The fraction of sp³-hybridized carbons (Fsp3) is 0.333. The second-order valence-electron chi connectivity index (χ2n) is 7.04. The average molecular weight is 382 g/mol. The molecule has 1 unspecified atom stereocenters. The number of carbonyl (C=O) groups is 2. The molecule has 1 fully saturated rings. The van der Waals surface area contributed by atoms with Gasteiger partial charge in [-0.15, -0.1) is 11.3 Å². The van der Waals surface area contributed by atoms with Gasteiger partial charge in [-0.2, -0.15) is 0 Å². The van der Waals surface area contributed by atoms with Crippen LogP contribution >= 0.6 is 11.3 Å². The van der Waals surface area contributed by atoms with Gasteiger partial charge in [-0.3, -0.25) is 9.59 Å². The van der Waals surface area contributed by atoms with Gasteiger partial charge in [0.05, 0.1) is 18.4 Å². The first-order chi connectivity index (χ1) is 13.1. The number of carbonyl (C=O) groups excluding carboxylic acids is 2. The Morgan fingerprint density at radius 2 is 1.89 bits per heavy atom. The molecule has 2 aliphatic heterocycles. The van der Waals surface area contributed by atoms with Gasteiger partial charge >= 0.3 is 0 Å². The zero-order valence-electron chi connectivity index (χ0n) is 15.5. The van der Waals surface area contributed by atoms with Crippen molar-refractivity contribution in [3.8, 4) is 5.75 Å². The highest BCUT2D eigenvalue weighted by Gasteiger charge is 2.43. The maximum absolute atomic E-state index is 13.4. The third-order valence-electron chi connectivity index (χ3n) is 5.13. The summed E-state index contributed by atoms with van der Waals surface area (Å²) in [5.41, 5.74) is 1.64. The number of hydrogen-bond acceptors (Lipinski definition) is 5. The minimum atomic E-state index is -0.249. The number of ether oxygens (including phenoxy) is 1. The topological polar surface area (TPSA) is 49.9 Å². The first-order valence-electron chi connectivity index (χ1n) is 9.16. The molecule has 0 spiro atoms. The highest BCUT2D eigenvalue weighted by Crippen LogP contribution is 2.38. The predicted octanol–water partition coefficient (Wildman–Crippen LogP) is 3.77. The van der Waals surface area contributed by atoms with E-state index in [1.807, 2.05) is 17.5 Å². The fourth-order valence-electron chi connectivity index (χ4n) is 3.81. The van der Waals surface area contributed by atoms with Crippen LogP contribution in [0, 0.1) is 5.92 Å². The van der Waals surface area contributed by atoms with Gasteiger partial charge in [0.1, 0.15) is 11.4 Å². The summed E-state index contributed by atoms with van der Waals surface area (Å²) in [6.07, 6.45) is 2.19. The van der Waals surface area contributed by atoms with Crippen LogP contribution in [0.25, 0.3) is 5.57 Å². The van der Waals surface area contributed by atoms with Crippen molar-refractivity contribution in [1.82, 2.24) is 4.90 Å². The van der Waals surface area contributed by atoms with Gasteiger partial charge in [0.2, 0.25) is 0 Å². The molecule has 1 saturated heterocycles. The van der Waals surface area contributed by atoms with Crippen LogP contribution in [0.3, 0.4) is 0 Å². The number of rotatable bonds is 4. The summed E-state index contributed by atoms with van der Waals surface area (Å²) in [4.78, 5) is 30.9. The van der Waals surface area contributed by atoms with Gasteiger partial charge in [-0.25, -0.2) is 4.90 Å². The van der Waals surface area contributed by atoms with E-state index in [-0.39, 0.29) is 11.8 Å². The Morgan fingerprint density at radius 1 is 1.11 bits per heavy atom. The van der Waals surface area contributed by atoms with Crippen LogP contribution in [0.1, 0.15) is 24.6 Å². The first-order valence-corrected chi connectivity index (χ1v) is 10.0. The lowest BCUT2D eigenvalue weighted by molar-refractivity contribution is -0.120. The fourth-order valence-corrected chi connectivity index (χ4v) is 4.58. The van der Waals surface area contributed by atoms with Gasteiger partial charge in [0.25, 0.3) is 11.8 Å². The Bertz CT molecular complexity index is 887. The highest BCUT2D eigenvalue weighted by atomic mass is 32.1. The molecule has 0 radical (unpaired) electrons. The van der Waals surface area contributed by atoms with E-state index in [4.69, 9.17) is 4.74 Å². The number of piperidine rings is 1. The van der Waals surface area contributed by atoms with Crippen molar-refractivity contribution < 1.29 is 14.3 Å². The zero-order chi connectivity index (χ0) is 19.0. The highest BCUT2D eigenvalue weighted by molar-refractivity contribution is 7.11. The summed E-state index contributed by atoms with van der Waals surface area (Å²) in [6, 6.07) is 10.9. The largest absolute Gasteiger partial charge is 0.497 e. The molecule has 6 heteroatoms. The lowest BCUT2D eigenvalue weighted by Gasteiger charge is -2.33. The Hall–Kier alpha value is -2.60. The summed E-state index contributed by atoms with van der Waals surface area (Å²) in [5, 5.41) is 1.94. The van der Waals surface area contributed by atoms with Crippen LogP contribution in [0.15, 0.2) is 47.5 Å². The van der Waals surface area contributed by atoms with Crippen LogP contribution in [0.4, 0.5) is 5.69 Å². The minimum absolute atomic E-state index is 0.234. The molecule has 2 aromatic rings. The third kappa shape index (κ3) is 3.14. The van der Waals surface area contributed by atoms with E-state index in [9.17, 15) is 9.59 Å². The maximum Gasteiger partial charge on any atom is 0.282 e. The summed E-state index contributed by atoms with van der Waals surface area (Å²) < 4.78 is 5.19. The van der Waals surface area contributed by atoms with E-state index < -0.39 is 0 Å². The van der Waals surface area contributed by atoms with Crippen molar-refractivity contribution in [1.29, 1.82) is 0 Å². The quantitative estimate of drug-likeness (QED) is 0.756. The Morgan fingerprint density at radius 3 is 2.52 bits per heavy atom. The number of amides is 2. The molecule has 2 aliphatic rings. The van der Waals surface area contributed by atoms with Gasteiger partial charge in [-0.05, 0) is 54.5 Å². The molecule has 4 rings (SSSR count). The molecular formula is C21H22N2O3S. The number of anilines is 1. The van der Waals surface area contributed by atoms with Crippen molar-refractivity contribution in [2.75, 3.05) is 25.1 Å². The Balaban J connectivity index is 1.77. The molecule has 27 heavy (non-hydrogen) atoms. The third-order valence-corrected chi connectivity index (χ3v) is 6.02. The normalized spacial score (nSPS) is 20.6. The number of thiophene rings is 1. The molecule has 140 valence electrons. The van der Waals surface area contributed by atoms with Crippen molar-refractivity contribution in [2.45, 2.75) is 19.8 Å². The standard InChI is InChI=1S/C21H22N2O3S/c1-14-5-3-11-22(13-14)19-18(17-6-4-12-27-17)20(24)23(21(19)25)15-7-9-16(26-2)10-8-15/h4,6-10,12,14H,3,5,11,13H2,1-2H3. The van der Waals surface area contributed by atoms with Gasteiger partial charge in [-0.1, -0.05) is 13.0 Å². The number of hydrogen-bond donors (Lipinski definition) is 0. The van der Waals surface area contributed by atoms with Gasteiger partial charge in [0, 0.05) is 18.0 Å². The van der Waals surface area contributed by atoms with Crippen LogP contribution in [0.2, 0.25) is 0 Å². The Kier molecular flexibility index (Phi) is 4.74. The van der Waals surface area contributed by atoms with Crippen molar-refractivity contribution >= 4 is 34.4 Å². The van der Waals surface area contributed by atoms with E-state index >= 15 is 0 Å². The summed E-state index contributed by atoms with van der Waals surface area (Å²) in [7, 11) is 1.59. The molecule has 0 N–H and O–H groups in total. The maximum atomic E-state index is 13.4. The number of imide groups is 1. The molecule has 0 aliphatic carbocycles. The van der Waals surface area contributed by atoms with E-state index in [1.165, 1.54) is 16.2 Å². The second-order valence-corrected chi connectivity index (χ2v) is 7.99. The molecule has 1 aromatic carbocycles. The van der Waals surface area contributed by atoms with Crippen LogP contribution in [0.5, 0.6) is 5.75 Å². The monoisotopic (exact) mass is 382 g/mol. The van der Waals surface area contributed by atoms with Crippen molar-refractivity contribution in [2.24, 2.45) is 5.92 Å². The lowest BCUT2D eigenvalue weighted by atomic mass is 9.99. The van der Waals surface area contributed by atoms with Gasteiger partial charge < -0.3 is 9.64 Å². The van der Waals surface area contributed by atoms with Crippen molar-refractivity contribution in [3.63, 3.8) is 0 Å². The van der Waals surface area contributed by atoms with Crippen LogP contribution in [-0.2, 0) is 9.59 Å². The zero-order valence-corrected chi connectivity index (χ0v) is 16.3. The second kappa shape index (κ2) is 7.19. The van der Waals surface area contributed by atoms with E-state index in [0.29, 0.717) is 28.6 Å². The number of nitrogens with zero attached hydrogens (tertiary/aromatic N) is 2. The first kappa shape index (κ1) is 17.8. The number of methoxy groups -OCH3 is 1. The van der Waals surface area contributed by atoms with Crippen molar-refractivity contribution in [3.05, 3.63) is 52.4 Å². The smallest absolute Gasteiger partial charge is 0.282 e. The molecular weight excluding hydrogens is 360 g/mol. The van der Waals surface area contributed by atoms with E-state index in [1.54, 1.807) is 31.4 Å². The van der Waals surface area contributed by atoms with Crippen LogP contribution in [-0.4, -0.2) is 36.9 Å². The number of benzene rings is 1. The lowest BCUT2D eigenvalue weighted by Crippen LogP contribution is -2.39. The molecule has 0 bridgehead atoms. The average Bonchev–Trinajstić information content (AvgIpc) is 3.28. The Labute approximate surface area is 162 Å². The van der Waals surface area contributed by atoms with E-state index in [2.05, 4.69) is 11.8 Å². The van der Waals surface area contributed by atoms with Crippen LogP contribution < -0.4 is 9.64 Å². The minimum Gasteiger partial charge on any atom is -0.497 e. The molecule has 2 amide bonds.